The van der Waals surface area contributed by atoms with Crippen LogP contribution < -0.4 is 0 Å². The Labute approximate surface area is 74.3 Å². The molecule has 1 aromatic rings. The number of nitrogens with zero attached hydrogens (tertiary/aromatic N) is 1. The second kappa shape index (κ2) is 2.56. The molecule has 5 nitrogen and oxygen atoms in total. The van der Waals surface area contributed by atoms with Gasteiger partial charge in [-0.05, 0) is 0 Å². The molecule has 70 valence electrons. The standard InChI is InChI=1S/C8H9NO4/c1-5-9-6(2-13-5)8(7(10)11)3-12-4-8/h2H,3-4H2,1H3,(H,10,11). The highest BCUT2D eigenvalue weighted by Gasteiger charge is 2.50. The first-order chi connectivity index (χ1) is 6.15. The maximum absolute atomic E-state index is 11.0. The zero-order chi connectivity index (χ0) is 9.47. The third-order valence-corrected chi connectivity index (χ3v) is 2.22. The number of aryl methyl sites for hydroxylation is 1. The number of aliphatic carboxylic acids is 1. The van der Waals surface area contributed by atoms with Gasteiger partial charge < -0.3 is 14.3 Å². The van der Waals surface area contributed by atoms with Gasteiger partial charge in [-0.2, -0.15) is 0 Å². The maximum atomic E-state index is 11.0. The predicted octanol–water partition coefficient (Wildman–Crippen LogP) is 0.336. The highest BCUT2D eigenvalue weighted by atomic mass is 16.5. The van der Waals surface area contributed by atoms with Gasteiger partial charge in [0.15, 0.2) is 11.3 Å². The van der Waals surface area contributed by atoms with E-state index in [1.165, 1.54) is 6.26 Å². The van der Waals surface area contributed by atoms with Gasteiger partial charge in [-0.1, -0.05) is 0 Å². The zero-order valence-corrected chi connectivity index (χ0v) is 7.11. The van der Waals surface area contributed by atoms with Crippen LogP contribution >= 0.6 is 0 Å². The van der Waals surface area contributed by atoms with Crippen molar-refractivity contribution in [1.29, 1.82) is 0 Å². The molecular weight excluding hydrogens is 174 g/mol. The molecule has 0 atom stereocenters. The maximum Gasteiger partial charge on any atom is 0.320 e. The van der Waals surface area contributed by atoms with Gasteiger partial charge >= 0.3 is 5.97 Å². The largest absolute Gasteiger partial charge is 0.480 e. The summed E-state index contributed by atoms with van der Waals surface area (Å²) in [7, 11) is 0. The SMILES string of the molecule is Cc1nc(C2(C(=O)O)COC2)co1. The predicted molar refractivity (Wildman–Crippen MR) is 41.4 cm³/mol. The monoisotopic (exact) mass is 183 g/mol. The van der Waals surface area contributed by atoms with Crippen molar-refractivity contribution in [2.75, 3.05) is 13.2 Å². The number of carboxylic acid groups (broad SMARTS) is 1. The summed E-state index contributed by atoms with van der Waals surface area (Å²) in [5.41, 5.74) is -0.527. The number of ether oxygens (including phenoxy) is 1. The van der Waals surface area contributed by atoms with Crippen LogP contribution in [0.3, 0.4) is 0 Å². The number of carbonyl (C=O) groups is 1. The lowest BCUT2D eigenvalue weighted by atomic mass is 9.83. The molecule has 2 heterocycles. The van der Waals surface area contributed by atoms with E-state index in [0.717, 1.165) is 0 Å². The van der Waals surface area contributed by atoms with Crippen LogP contribution in [0, 0.1) is 6.92 Å². The first-order valence-corrected chi connectivity index (χ1v) is 3.89. The van der Waals surface area contributed by atoms with Crippen LogP contribution in [0.15, 0.2) is 10.7 Å². The molecule has 13 heavy (non-hydrogen) atoms. The first kappa shape index (κ1) is 8.25. The van der Waals surface area contributed by atoms with E-state index >= 15 is 0 Å². The van der Waals surface area contributed by atoms with Crippen molar-refractivity contribution in [2.24, 2.45) is 0 Å². The molecule has 5 heteroatoms. The third kappa shape index (κ3) is 1.04. The number of carboxylic acids is 1. The number of oxazole rings is 1. The first-order valence-electron chi connectivity index (χ1n) is 3.89. The molecule has 1 aromatic heterocycles. The Hall–Kier alpha value is -1.36. The minimum Gasteiger partial charge on any atom is -0.480 e. The molecular formula is C8H9NO4. The fourth-order valence-electron chi connectivity index (χ4n) is 1.27. The molecule has 0 spiro atoms. The summed E-state index contributed by atoms with van der Waals surface area (Å²) < 4.78 is 9.87. The van der Waals surface area contributed by atoms with E-state index in [1.54, 1.807) is 6.92 Å². The topological polar surface area (TPSA) is 72.6 Å². The van der Waals surface area contributed by atoms with Crippen LogP contribution in [-0.4, -0.2) is 29.3 Å². The van der Waals surface area contributed by atoms with Gasteiger partial charge in [0.05, 0.1) is 13.2 Å². The molecule has 0 aliphatic carbocycles. The van der Waals surface area contributed by atoms with Crippen LogP contribution in [0.2, 0.25) is 0 Å². The van der Waals surface area contributed by atoms with E-state index in [4.69, 9.17) is 14.3 Å². The van der Waals surface area contributed by atoms with Crippen molar-refractivity contribution >= 4 is 5.97 Å². The molecule has 1 N–H and O–H groups in total. The molecule has 0 saturated carbocycles. The van der Waals surface area contributed by atoms with E-state index in [-0.39, 0.29) is 13.2 Å². The van der Waals surface area contributed by atoms with Crippen molar-refractivity contribution in [1.82, 2.24) is 4.98 Å². The van der Waals surface area contributed by atoms with Crippen LogP contribution in [0.5, 0.6) is 0 Å². The number of aromatic nitrogens is 1. The minimum atomic E-state index is -0.974. The van der Waals surface area contributed by atoms with E-state index in [1.807, 2.05) is 0 Å². The summed E-state index contributed by atoms with van der Waals surface area (Å²) in [6.45, 7) is 2.03. The smallest absolute Gasteiger partial charge is 0.320 e. The summed E-state index contributed by atoms with van der Waals surface area (Å²) in [6.07, 6.45) is 1.38. The zero-order valence-electron chi connectivity index (χ0n) is 7.11. The van der Waals surface area contributed by atoms with Gasteiger partial charge in [0.25, 0.3) is 0 Å². The summed E-state index contributed by atoms with van der Waals surface area (Å²) in [6, 6.07) is 0. The Kier molecular flexibility index (Phi) is 1.63. The van der Waals surface area contributed by atoms with Crippen molar-refractivity contribution in [3.8, 4) is 0 Å². The second-order valence-electron chi connectivity index (χ2n) is 3.13. The summed E-state index contributed by atoms with van der Waals surface area (Å²) in [4.78, 5) is 15.0. The molecule has 0 bridgehead atoms. The molecule has 0 amide bonds. The van der Waals surface area contributed by atoms with Gasteiger partial charge in [-0.25, -0.2) is 4.98 Å². The molecule has 2 rings (SSSR count). The summed E-state index contributed by atoms with van der Waals surface area (Å²) in [5, 5.41) is 8.98. The van der Waals surface area contributed by atoms with E-state index < -0.39 is 11.4 Å². The van der Waals surface area contributed by atoms with Crippen molar-refractivity contribution in [2.45, 2.75) is 12.3 Å². The fourth-order valence-corrected chi connectivity index (χ4v) is 1.27. The Morgan fingerprint density at radius 3 is 2.69 bits per heavy atom. The molecule has 0 aromatic carbocycles. The van der Waals surface area contributed by atoms with Crippen LogP contribution in [0.1, 0.15) is 11.6 Å². The average molecular weight is 183 g/mol. The highest BCUT2D eigenvalue weighted by molar-refractivity contribution is 5.82. The van der Waals surface area contributed by atoms with E-state index in [9.17, 15) is 4.79 Å². The average Bonchev–Trinajstić information content (AvgIpc) is 2.32. The lowest BCUT2D eigenvalue weighted by Gasteiger charge is -2.35. The normalized spacial score (nSPS) is 19.5. The van der Waals surface area contributed by atoms with Gasteiger partial charge in [0, 0.05) is 6.92 Å². The fraction of sp³-hybridized carbons (Fsp3) is 0.500. The second-order valence-corrected chi connectivity index (χ2v) is 3.13. The van der Waals surface area contributed by atoms with E-state index in [2.05, 4.69) is 4.98 Å². The van der Waals surface area contributed by atoms with Gasteiger partial charge in [-0.3, -0.25) is 4.79 Å². The minimum absolute atomic E-state index is 0.175. The van der Waals surface area contributed by atoms with E-state index in [0.29, 0.717) is 11.6 Å². The Morgan fingerprint density at radius 2 is 2.38 bits per heavy atom. The van der Waals surface area contributed by atoms with Crippen LogP contribution in [-0.2, 0) is 14.9 Å². The molecule has 1 saturated heterocycles. The third-order valence-electron chi connectivity index (χ3n) is 2.22. The summed E-state index contributed by atoms with van der Waals surface area (Å²) >= 11 is 0. The molecule has 0 unspecified atom stereocenters. The summed E-state index contributed by atoms with van der Waals surface area (Å²) in [5.74, 6) is -0.436. The number of hydrogen-bond donors (Lipinski definition) is 1. The van der Waals surface area contributed by atoms with Crippen molar-refractivity contribution in [3.63, 3.8) is 0 Å². The highest BCUT2D eigenvalue weighted by Crippen LogP contribution is 2.31. The lowest BCUT2D eigenvalue weighted by Crippen LogP contribution is -2.53. The van der Waals surface area contributed by atoms with Gasteiger partial charge in [0.1, 0.15) is 12.0 Å². The van der Waals surface area contributed by atoms with Crippen molar-refractivity contribution in [3.05, 3.63) is 17.8 Å². The Bertz CT molecular complexity index is 340. The quantitative estimate of drug-likeness (QED) is 0.715. The van der Waals surface area contributed by atoms with Crippen LogP contribution in [0.4, 0.5) is 0 Å². The molecule has 1 aliphatic rings. The Morgan fingerprint density at radius 1 is 1.69 bits per heavy atom. The Balaban J connectivity index is 2.37. The number of hydrogen-bond acceptors (Lipinski definition) is 4. The molecule has 1 aliphatic heterocycles. The van der Waals surface area contributed by atoms with Crippen LogP contribution in [0.25, 0.3) is 0 Å². The molecule has 1 fully saturated rings. The van der Waals surface area contributed by atoms with Gasteiger partial charge in [-0.15, -0.1) is 0 Å². The van der Waals surface area contributed by atoms with Gasteiger partial charge in [0.2, 0.25) is 0 Å². The lowest BCUT2D eigenvalue weighted by molar-refractivity contribution is -0.163. The molecule has 0 radical (unpaired) electrons. The van der Waals surface area contributed by atoms with Crippen molar-refractivity contribution < 1.29 is 19.1 Å². The number of rotatable bonds is 2.